The summed E-state index contributed by atoms with van der Waals surface area (Å²) in [6.45, 7) is 3.68. The molecule has 27 heavy (non-hydrogen) atoms. The molecule has 0 aliphatic rings. The predicted octanol–water partition coefficient (Wildman–Crippen LogP) is 1.71. The summed E-state index contributed by atoms with van der Waals surface area (Å²) in [6.07, 6.45) is 2.48. The van der Waals surface area contributed by atoms with E-state index in [1.807, 2.05) is 24.3 Å². The molecule has 2 rings (SSSR count). The lowest BCUT2D eigenvalue weighted by Crippen LogP contribution is -2.28. The number of aromatic amines is 1. The van der Waals surface area contributed by atoms with Gasteiger partial charge in [0.25, 0.3) is 5.56 Å². The number of H-pyrrole nitrogens is 1. The monoisotopic (exact) mass is 374 g/mol. The first kappa shape index (κ1) is 20.6. The third kappa shape index (κ3) is 6.82. The summed E-state index contributed by atoms with van der Waals surface area (Å²) in [5.41, 5.74) is 0.638. The van der Waals surface area contributed by atoms with E-state index in [0.717, 1.165) is 24.2 Å². The van der Waals surface area contributed by atoms with Gasteiger partial charge < -0.3 is 19.8 Å². The van der Waals surface area contributed by atoms with Crippen molar-refractivity contribution in [2.45, 2.75) is 32.6 Å². The number of benzene rings is 1. The highest BCUT2D eigenvalue weighted by Gasteiger charge is 2.09. The lowest BCUT2D eigenvalue weighted by Gasteiger charge is -2.06. The largest absolute Gasteiger partial charge is 0.494 e. The van der Waals surface area contributed by atoms with Crippen LogP contribution < -0.4 is 15.6 Å². The Morgan fingerprint density at radius 2 is 1.96 bits per heavy atom. The standard InChI is InChI=1S/C19H26N4O4/c1-3-4-12-27-15-7-5-14(6-8-15)18-21-19(25)16(22-23-18)9-10-17(24)20-11-13-26-2/h5-8H,3-4,9-13H2,1-2H3,(H,20,24)(H,21,23,25). The number of nitrogens with zero attached hydrogens (tertiary/aromatic N) is 2. The highest BCUT2D eigenvalue weighted by atomic mass is 16.5. The summed E-state index contributed by atoms with van der Waals surface area (Å²) in [6, 6.07) is 7.32. The van der Waals surface area contributed by atoms with Gasteiger partial charge in [-0.1, -0.05) is 13.3 Å². The van der Waals surface area contributed by atoms with Crippen LogP contribution in [0, 0.1) is 0 Å². The molecule has 1 aromatic carbocycles. The Morgan fingerprint density at radius 1 is 1.19 bits per heavy atom. The van der Waals surface area contributed by atoms with Crippen molar-refractivity contribution in [2.75, 3.05) is 26.9 Å². The quantitative estimate of drug-likeness (QED) is 0.580. The average Bonchev–Trinajstić information content (AvgIpc) is 2.68. The number of ether oxygens (including phenoxy) is 2. The second-order valence-corrected chi connectivity index (χ2v) is 6.02. The van der Waals surface area contributed by atoms with E-state index in [-0.39, 0.29) is 30.0 Å². The van der Waals surface area contributed by atoms with Crippen LogP contribution in [0.3, 0.4) is 0 Å². The first-order valence-corrected chi connectivity index (χ1v) is 9.08. The number of hydrogen-bond donors (Lipinski definition) is 2. The van der Waals surface area contributed by atoms with E-state index in [2.05, 4.69) is 27.4 Å². The number of nitrogens with one attached hydrogen (secondary N) is 2. The molecule has 0 saturated heterocycles. The number of unbranched alkanes of at least 4 members (excludes halogenated alkanes) is 1. The molecule has 2 aromatic rings. The van der Waals surface area contributed by atoms with Crippen LogP contribution in [-0.4, -0.2) is 48.0 Å². The van der Waals surface area contributed by atoms with Gasteiger partial charge in [0.1, 0.15) is 11.4 Å². The molecule has 146 valence electrons. The van der Waals surface area contributed by atoms with Crippen LogP contribution in [0.2, 0.25) is 0 Å². The maximum absolute atomic E-state index is 12.2. The zero-order valence-corrected chi connectivity index (χ0v) is 15.8. The molecule has 0 radical (unpaired) electrons. The number of methoxy groups -OCH3 is 1. The van der Waals surface area contributed by atoms with Crippen LogP contribution in [0.25, 0.3) is 11.4 Å². The van der Waals surface area contributed by atoms with Gasteiger partial charge in [0, 0.05) is 32.1 Å². The maximum atomic E-state index is 12.2. The van der Waals surface area contributed by atoms with Gasteiger partial charge in [-0.25, -0.2) is 0 Å². The summed E-state index contributed by atoms with van der Waals surface area (Å²) in [5.74, 6) is 1.00. The normalized spacial score (nSPS) is 10.6. The summed E-state index contributed by atoms with van der Waals surface area (Å²) in [4.78, 5) is 26.6. The first-order valence-electron chi connectivity index (χ1n) is 9.08. The first-order chi connectivity index (χ1) is 13.1. The fraction of sp³-hybridized carbons (Fsp3) is 0.474. The third-order valence-electron chi connectivity index (χ3n) is 3.88. The molecule has 2 N–H and O–H groups in total. The lowest BCUT2D eigenvalue weighted by atomic mass is 10.2. The van der Waals surface area contributed by atoms with Gasteiger partial charge in [0.2, 0.25) is 5.91 Å². The Kier molecular flexibility index (Phi) is 8.44. The fourth-order valence-corrected chi connectivity index (χ4v) is 2.31. The Morgan fingerprint density at radius 3 is 2.63 bits per heavy atom. The number of carbonyl (C=O) groups excluding carboxylic acids is 1. The number of aryl methyl sites for hydroxylation is 1. The molecule has 1 amide bonds. The Labute approximate surface area is 158 Å². The Hall–Kier alpha value is -2.74. The fourth-order valence-electron chi connectivity index (χ4n) is 2.31. The van der Waals surface area contributed by atoms with Crippen molar-refractivity contribution in [2.24, 2.45) is 0 Å². The van der Waals surface area contributed by atoms with Crippen LogP contribution in [0.4, 0.5) is 0 Å². The van der Waals surface area contributed by atoms with Gasteiger partial charge in [-0.2, -0.15) is 0 Å². The highest BCUT2D eigenvalue weighted by Crippen LogP contribution is 2.18. The van der Waals surface area contributed by atoms with E-state index in [1.54, 1.807) is 7.11 Å². The molecule has 0 aliphatic carbocycles. The summed E-state index contributed by atoms with van der Waals surface area (Å²) in [5, 5.41) is 10.7. The van der Waals surface area contributed by atoms with Crippen molar-refractivity contribution >= 4 is 5.91 Å². The van der Waals surface area contributed by atoms with Crippen LogP contribution >= 0.6 is 0 Å². The van der Waals surface area contributed by atoms with Gasteiger partial charge in [0.05, 0.1) is 13.2 Å². The maximum Gasteiger partial charge on any atom is 0.273 e. The second-order valence-electron chi connectivity index (χ2n) is 6.02. The zero-order chi connectivity index (χ0) is 19.5. The lowest BCUT2D eigenvalue weighted by molar-refractivity contribution is -0.121. The number of rotatable bonds is 11. The summed E-state index contributed by atoms with van der Waals surface area (Å²) in [7, 11) is 1.57. The summed E-state index contributed by atoms with van der Waals surface area (Å²) >= 11 is 0. The van der Waals surface area contributed by atoms with Crippen molar-refractivity contribution in [3.05, 3.63) is 40.3 Å². The van der Waals surface area contributed by atoms with Crippen LogP contribution in [0.1, 0.15) is 31.9 Å². The molecule has 0 fully saturated rings. The van der Waals surface area contributed by atoms with Gasteiger partial charge in [-0.05, 0) is 30.7 Å². The molecule has 0 bridgehead atoms. The SMILES string of the molecule is CCCCOc1ccc(-c2nnc(CCC(=O)NCCOC)c(=O)[nH]2)cc1. The zero-order valence-electron chi connectivity index (χ0n) is 15.8. The molecular weight excluding hydrogens is 348 g/mol. The molecule has 0 saturated carbocycles. The van der Waals surface area contributed by atoms with E-state index in [1.165, 1.54) is 0 Å². The molecule has 1 heterocycles. The van der Waals surface area contributed by atoms with E-state index in [9.17, 15) is 9.59 Å². The number of aromatic nitrogens is 3. The van der Waals surface area contributed by atoms with Crippen molar-refractivity contribution in [3.63, 3.8) is 0 Å². The molecular formula is C19H26N4O4. The predicted molar refractivity (Wildman–Crippen MR) is 102 cm³/mol. The topological polar surface area (TPSA) is 106 Å². The molecule has 0 atom stereocenters. The van der Waals surface area contributed by atoms with Crippen molar-refractivity contribution in [3.8, 4) is 17.1 Å². The molecule has 0 spiro atoms. The molecule has 0 unspecified atom stereocenters. The number of carbonyl (C=O) groups is 1. The van der Waals surface area contributed by atoms with Crippen LogP contribution in [0.15, 0.2) is 29.1 Å². The number of amides is 1. The second kappa shape index (κ2) is 11.1. The van der Waals surface area contributed by atoms with Gasteiger partial charge >= 0.3 is 0 Å². The van der Waals surface area contributed by atoms with E-state index in [0.29, 0.717) is 25.6 Å². The van der Waals surface area contributed by atoms with E-state index >= 15 is 0 Å². The van der Waals surface area contributed by atoms with Gasteiger partial charge in [0.15, 0.2) is 5.82 Å². The minimum atomic E-state index is -0.340. The molecule has 1 aromatic heterocycles. The van der Waals surface area contributed by atoms with Crippen LogP contribution in [-0.2, 0) is 16.0 Å². The van der Waals surface area contributed by atoms with Crippen molar-refractivity contribution in [1.82, 2.24) is 20.5 Å². The summed E-state index contributed by atoms with van der Waals surface area (Å²) < 4.78 is 10.5. The number of hydrogen-bond acceptors (Lipinski definition) is 6. The Balaban J connectivity index is 1.93. The minimum Gasteiger partial charge on any atom is -0.494 e. The molecule has 8 heteroatoms. The van der Waals surface area contributed by atoms with Gasteiger partial charge in [-0.15, -0.1) is 10.2 Å². The molecule has 0 aliphatic heterocycles. The molecule has 8 nitrogen and oxygen atoms in total. The Bertz CT molecular complexity index is 774. The smallest absolute Gasteiger partial charge is 0.273 e. The third-order valence-corrected chi connectivity index (χ3v) is 3.88. The van der Waals surface area contributed by atoms with E-state index < -0.39 is 0 Å². The van der Waals surface area contributed by atoms with Gasteiger partial charge in [-0.3, -0.25) is 9.59 Å². The van der Waals surface area contributed by atoms with Crippen LogP contribution in [0.5, 0.6) is 5.75 Å². The minimum absolute atomic E-state index is 0.156. The highest BCUT2D eigenvalue weighted by molar-refractivity contribution is 5.76. The van der Waals surface area contributed by atoms with Crippen molar-refractivity contribution < 1.29 is 14.3 Å². The van der Waals surface area contributed by atoms with E-state index in [4.69, 9.17) is 9.47 Å². The van der Waals surface area contributed by atoms with Crippen molar-refractivity contribution in [1.29, 1.82) is 0 Å². The average molecular weight is 374 g/mol.